The zero-order valence-electron chi connectivity index (χ0n) is 36.3. The number of carbonyl (C=O) groups is 4. The van der Waals surface area contributed by atoms with E-state index < -0.39 is 16.0 Å². The van der Waals surface area contributed by atoms with Crippen LogP contribution in [-0.4, -0.2) is 57.1 Å². The lowest BCUT2D eigenvalue weighted by atomic mass is 10.00. The van der Waals surface area contributed by atoms with Crippen molar-refractivity contribution >= 4 is 51.2 Å². The second-order valence-electron chi connectivity index (χ2n) is 14.6. The molecular formula is C46H66N4O7S2. The molecule has 2 atom stereocenters. The number of nitrogens with one attached hydrogen (secondary N) is 3. The molecule has 0 radical (unpaired) electrons. The highest BCUT2D eigenvalue weighted by Gasteiger charge is 2.21. The van der Waals surface area contributed by atoms with Crippen LogP contribution >= 0.6 is 11.3 Å². The number of thiophene rings is 1. The minimum absolute atomic E-state index is 0.0953. The normalized spacial score (nSPS) is 11.5. The number of aliphatic carboxylic acids is 1. The average Bonchev–Trinajstić information content (AvgIpc) is 3.75. The number of unbranched alkanes of at least 4 members (excludes halogenated alkanes) is 1. The maximum absolute atomic E-state index is 13.4. The van der Waals surface area contributed by atoms with Crippen molar-refractivity contribution in [2.24, 2.45) is 5.92 Å². The summed E-state index contributed by atoms with van der Waals surface area (Å²) in [6.45, 7) is 14.5. The molecule has 0 spiro atoms. The minimum atomic E-state index is -3.60. The number of anilines is 1. The predicted molar refractivity (Wildman–Crippen MR) is 243 cm³/mol. The average molecular weight is 851 g/mol. The number of aryl methyl sites for hydroxylation is 1. The maximum atomic E-state index is 13.4. The zero-order valence-corrected chi connectivity index (χ0v) is 37.9. The fourth-order valence-electron chi connectivity index (χ4n) is 5.25. The van der Waals surface area contributed by atoms with Crippen molar-refractivity contribution in [3.63, 3.8) is 0 Å². The predicted octanol–water partition coefficient (Wildman–Crippen LogP) is 9.19. The summed E-state index contributed by atoms with van der Waals surface area (Å²) in [7, 11) is -2.20. The van der Waals surface area contributed by atoms with Crippen LogP contribution in [0.1, 0.15) is 130 Å². The quantitative estimate of drug-likeness (QED) is 0.0726. The van der Waals surface area contributed by atoms with E-state index in [1.807, 2.05) is 54.1 Å². The standard InChI is InChI=1S/C28H35N3O4S2.C11H15NO.C5H12.C2H4O2/c1-5-6-12-25(15-21-10-8-7-9-11-21)30-28(33)24-16-23(17-26(18-24)31(3)37(4,34)35)27(32)29-20(2)22-13-14-36-19-22;1-2-3-10-4-6-11(7-5-10)8-12-9-13;1-4-5(2)3;1-2(3)4/h7-11,13-14,16-20,25H,5-6,12,15H2,1-4H3,(H,29,32)(H,30,33);4-7,9H,2-3,8H2,1H3,(H,12,13);5H,4H2,1-3H3;1H3,(H,3,4). The van der Waals surface area contributed by atoms with E-state index in [4.69, 9.17) is 9.90 Å². The van der Waals surface area contributed by atoms with Gasteiger partial charge in [0.2, 0.25) is 16.4 Å². The van der Waals surface area contributed by atoms with E-state index in [0.29, 0.717) is 13.0 Å². The smallest absolute Gasteiger partial charge is 0.300 e. The number of benzene rings is 3. The second kappa shape index (κ2) is 28.4. The van der Waals surface area contributed by atoms with Crippen molar-refractivity contribution in [1.82, 2.24) is 16.0 Å². The highest BCUT2D eigenvalue weighted by molar-refractivity contribution is 7.92. The number of amides is 3. The second-order valence-corrected chi connectivity index (χ2v) is 17.4. The molecule has 0 saturated heterocycles. The first-order valence-corrected chi connectivity index (χ1v) is 23.0. The van der Waals surface area contributed by atoms with Gasteiger partial charge in [0.15, 0.2) is 0 Å². The Labute approximate surface area is 357 Å². The summed E-state index contributed by atoms with van der Waals surface area (Å²) in [4.78, 5) is 45.6. The molecule has 0 saturated carbocycles. The van der Waals surface area contributed by atoms with E-state index in [1.54, 1.807) is 11.3 Å². The van der Waals surface area contributed by atoms with Gasteiger partial charge in [-0.2, -0.15) is 11.3 Å². The molecule has 4 rings (SSSR count). The minimum Gasteiger partial charge on any atom is -0.481 e. The van der Waals surface area contributed by atoms with Gasteiger partial charge in [-0.05, 0) is 89.4 Å². The molecule has 4 N–H and O–H groups in total. The first-order valence-electron chi connectivity index (χ1n) is 20.2. The van der Waals surface area contributed by atoms with Crippen LogP contribution in [0.5, 0.6) is 0 Å². The molecule has 4 aromatic rings. The summed E-state index contributed by atoms with van der Waals surface area (Å²) < 4.78 is 25.6. The number of sulfonamides is 1. The van der Waals surface area contributed by atoms with E-state index >= 15 is 0 Å². The molecule has 0 aliphatic rings. The van der Waals surface area contributed by atoms with Crippen molar-refractivity contribution in [3.8, 4) is 0 Å². The summed E-state index contributed by atoms with van der Waals surface area (Å²) in [6.07, 6.45) is 8.86. The fourth-order valence-corrected chi connectivity index (χ4v) is 6.49. The highest BCUT2D eigenvalue weighted by atomic mass is 32.2. The van der Waals surface area contributed by atoms with Gasteiger partial charge in [-0.1, -0.05) is 115 Å². The number of nitrogens with zero attached hydrogens (tertiary/aromatic N) is 1. The number of rotatable bonds is 18. The third-order valence-corrected chi connectivity index (χ3v) is 10.9. The number of hydrogen-bond acceptors (Lipinski definition) is 7. The van der Waals surface area contributed by atoms with E-state index in [0.717, 1.165) is 72.2 Å². The van der Waals surface area contributed by atoms with Crippen molar-refractivity contribution in [1.29, 1.82) is 0 Å². The number of hydrogen-bond donors (Lipinski definition) is 4. The van der Waals surface area contributed by atoms with Crippen molar-refractivity contribution < 1.29 is 32.7 Å². The molecule has 1 heterocycles. The molecule has 324 valence electrons. The van der Waals surface area contributed by atoms with Crippen LogP contribution in [0.2, 0.25) is 0 Å². The molecule has 13 heteroatoms. The Morgan fingerprint density at radius 3 is 1.86 bits per heavy atom. The molecule has 59 heavy (non-hydrogen) atoms. The van der Waals surface area contributed by atoms with E-state index in [-0.39, 0.29) is 40.7 Å². The zero-order chi connectivity index (χ0) is 44.4. The number of carboxylic acid groups (broad SMARTS) is 1. The van der Waals surface area contributed by atoms with Gasteiger partial charge in [0.1, 0.15) is 0 Å². The summed E-state index contributed by atoms with van der Waals surface area (Å²) in [5.41, 5.74) is 5.29. The van der Waals surface area contributed by atoms with Crippen LogP contribution in [0.3, 0.4) is 0 Å². The van der Waals surface area contributed by atoms with Crippen LogP contribution in [0.4, 0.5) is 5.69 Å². The number of carboxylic acids is 1. The van der Waals surface area contributed by atoms with E-state index in [9.17, 15) is 22.8 Å². The lowest BCUT2D eigenvalue weighted by molar-refractivity contribution is -0.134. The van der Waals surface area contributed by atoms with Crippen LogP contribution in [0, 0.1) is 5.92 Å². The molecule has 2 unspecified atom stereocenters. The van der Waals surface area contributed by atoms with Crippen LogP contribution in [-0.2, 0) is 39.0 Å². The van der Waals surface area contributed by atoms with Gasteiger partial charge in [0.05, 0.1) is 18.0 Å². The Hall–Kier alpha value is -5.01. The topological polar surface area (TPSA) is 162 Å². The third-order valence-electron chi connectivity index (χ3n) is 9.03. The van der Waals surface area contributed by atoms with Gasteiger partial charge in [-0.15, -0.1) is 0 Å². The molecule has 0 fully saturated rings. The third kappa shape index (κ3) is 22.1. The van der Waals surface area contributed by atoms with Gasteiger partial charge in [-0.3, -0.25) is 23.5 Å². The van der Waals surface area contributed by atoms with Crippen LogP contribution in [0.25, 0.3) is 0 Å². The summed E-state index contributed by atoms with van der Waals surface area (Å²) in [5, 5.41) is 20.0. The molecular weight excluding hydrogens is 785 g/mol. The molecule has 0 aliphatic heterocycles. The first-order chi connectivity index (χ1) is 27.9. The Bertz CT molecular complexity index is 1910. The lowest BCUT2D eigenvalue weighted by Gasteiger charge is -2.22. The highest BCUT2D eigenvalue weighted by Crippen LogP contribution is 2.23. The Morgan fingerprint density at radius 2 is 1.39 bits per heavy atom. The molecule has 0 bridgehead atoms. The SMILES string of the molecule is CC(=O)O.CCC(C)C.CCCCC(Cc1ccccc1)NC(=O)c1cc(C(=O)NC(C)c2ccsc2)cc(N(C)S(C)(=O)=O)c1.CCCc1ccc(CNC=O)cc1. The molecule has 11 nitrogen and oxygen atoms in total. The summed E-state index contributed by atoms with van der Waals surface area (Å²) in [6, 6.07) is 24.4. The number of carbonyl (C=O) groups excluding carboxylic acids is 3. The molecule has 0 aliphatic carbocycles. The maximum Gasteiger partial charge on any atom is 0.300 e. The molecule has 1 aromatic heterocycles. The van der Waals surface area contributed by atoms with Gasteiger partial charge < -0.3 is 21.1 Å². The lowest BCUT2D eigenvalue weighted by Crippen LogP contribution is -2.37. The largest absolute Gasteiger partial charge is 0.481 e. The fraction of sp³-hybridized carbons (Fsp3) is 0.435. The van der Waals surface area contributed by atoms with E-state index in [2.05, 4.69) is 74.8 Å². The summed E-state index contributed by atoms with van der Waals surface area (Å²) >= 11 is 1.54. The summed E-state index contributed by atoms with van der Waals surface area (Å²) in [5.74, 6) is -0.681. The Kier molecular flexibility index (Phi) is 25.1. The first kappa shape index (κ1) is 52.0. The van der Waals surface area contributed by atoms with Gasteiger partial charge in [-0.25, -0.2) is 8.42 Å². The van der Waals surface area contributed by atoms with Crippen LogP contribution in [0.15, 0.2) is 89.6 Å². The van der Waals surface area contributed by atoms with Gasteiger partial charge in [0.25, 0.3) is 17.8 Å². The molecule has 3 aromatic carbocycles. The van der Waals surface area contributed by atoms with Crippen molar-refractivity contribution in [2.75, 3.05) is 17.6 Å². The van der Waals surface area contributed by atoms with Crippen LogP contribution < -0.4 is 20.3 Å². The molecule has 3 amide bonds. The van der Waals surface area contributed by atoms with Gasteiger partial charge in [0, 0.05) is 37.7 Å². The Balaban J connectivity index is 0.000000644. The van der Waals surface area contributed by atoms with Gasteiger partial charge >= 0.3 is 0 Å². The van der Waals surface area contributed by atoms with Crippen molar-refractivity contribution in [2.45, 2.75) is 112 Å². The monoisotopic (exact) mass is 850 g/mol. The van der Waals surface area contributed by atoms with E-state index in [1.165, 1.54) is 43.7 Å². The van der Waals surface area contributed by atoms with Crippen molar-refractivity contribution in [3.05, 3.63) is 123 Å². The Morgan fingerprint density at radius 1 is 0.831 bits per heavy atom.